The molecule has 4 rings (SSSR count). The van der Waals surface area contributed by atoms with Crippen molar-refractivity contribution in [3.05, 3.63) is 0 Å². The average Bonchev–Trinajstić information content (AvgIpc) is 3.04. The van der Waals surface area contributed by atoms with Gasteiger partial charge in [0, 0.05) is 11.8 Å². The molecule has 27 heavy (non-hydrogen) atoms. The first-order chi connectivity index (χ1) is 12.7. The molecule has 1 heterocycles. The summed E-state index contributed by atoms with van der Waals surface area (Å²) in [7, 11) is 0. The quantitative estimate of drug-likeness (QED) is 0.449. The molecular weight excluding hydrogens is 351 g/mol. The number of likely N-dealkylation sites (tertiary alicyclic amines) is 1. The Morgan fingerprint density at radius 2 is 1.81 bits per heavy atom. The number of nitrogens with zero attached hydrogens (tertiary/aromatic N) is 1. The van der Waals surface area contributed by atoms with Gasteiger partial charge >= 0.3 is 12.0 Å². The van der Waals surface area contributed by atoms with Crippen molar-refractivity contribution in [3.8, 4) is 0 Å². The summed E-state index contributed by atoms with van der Waals surface area (Å²) in [6.45, 7) is 4.50. The number of amides is 1. The van der Waals surface area contributed by atoms with E-state index in [1.165, 1.54) is 25.7 Å². The number of quaternary nitrogens is 1. The van der Waals surface area contributed by atoms with Gasteiger partial charge in [-0.2, -0.15) is 4.48 Å². The van der Waals surface area contributed by atoms with Gasteiger partial charge in [-0.25, -0.2) is 9.18 Å². The highest BCUT2D eigenvalue weighted by atomic mass is 19.3. The number of piperidine rings is 1. The average molecular weight is 387 g/mol. The molecule has 1 saturated heterocycles. The number of alkyl halides is 3. The normalized spacial score (nSPS) is 50.1. The zero-order valence-electron chi connectivity index (χ0n) is 17.1. The van der Waals surface area contributed by atoms with E-state index in [-0.39, 0.29) is 18.4 Å². The Balaban J connectivity index is 1.74. The maximum atomic E-state index is 15.0. The fourth-order valence-corrected chi connectivity index (χ4v) is 8.40. The number of carbonyl (C=O) groups excluding carboxylic acids is 1. The van der Waals surface area contributed by atoms with Crippen LogP contribution in [0, 0.1) is 28.6 Å². The monoisotopic (exact) mass is 386 g/mol. The standard InChI is InChI=1S/C22H35F3NO/c1-4-26(22(24,25)14-23)18-8-7-15-16-6-5-11-20(16,2)12-9-17(15)21(18,3)13-10-19(26)27/h15-18H,4-14H2,1-3H3/q+1/t15-,16-,17-,18+,20-,21+,26?/m0/s1. The molecule has 4 fully saturated rings. The fraction of sp³-hybridized carbons (Fsp3) is 0.955. The Morgan fingerprint density at radius 3 is 2.48 bits per heavy atom. The fourth-order valence-electron chi connectivity index (χ4n) is 8.40. The lowest BCUT2D eigenvalue weighted by atomic mass is 9.47. The molecule has 0 aromatic rings. The van der Waals surface area contributed by atoms with Crippen LogP contribution in [-0.2, 0) is 4.79 Å². The molecule has 7 atom stereocenters. The van der Waals surface area contributed by atoms with E-state index in [4.69, 9.17) is 0 Å². The maximum Gasteiger partial charge on any atom is 0.426 e. The van der Waals surface area contributed by atoms with E-state index >= 15 is 0 Å². The smallest absolute Gasteiger partial charge is 0.237 e. The van der Waals surface area contributed by atoms with E-state index in [2.05, 4.69) is 13.8 Å². The third kappa shape index (κ3) is 2.39. The van der Waals surface area contributed by atoms with Gasteiger partial charge in [0.15, 0.2) is 0 Å². The van der Waals surface area contributed by atoms with Crippen molar-refractivity contribution in [1.82, 2.24) is 0 Å². The van der Waals surface area contributed by atoms with Crippen LogP contribution >= 0.6 is 0 Å². The van der Waals surface area contributed by atoms with Crippen LogP contribution in [0.15, 0.2) is 0 Å². The van der Waals surface area contributed by atoms with Gasteiger partial charge in [-0.3, -0.25) is 0 Å². The van der Waals surface area contributed by atoms with Gasteiger partial charge in [0.1, 0.15) is 6.04 Å². The van der Waals surface area contributed by atoms with Crippen molar-refractivity contribution in [2.45, 2.75) is 90.6 Å². The molecule has 1 unspecified atom stereocenters. The molecular formula is C22H35F3NO+. The Kier molecular flexibility index (Phi) is 4.53. The highest BCUT2D eigenvalue weighted by Gasteiger charge is 2.71. The summed E-state index contributed by atoms with van der Waals surface area (Å²) in [5, 5.41) is 0. The van der Waals surface area contributed by atoms with Crippen LogP contribution in [-0.4, -0.2) is 35.7 Å². The molecule has 0 aromatic heterocycles. The molecule has 3 saturated carbocycles. The first kappa shape index (κ1) is 19.7. The molecule has 0 N–H and O–H groups in total. The van der Waals surface area contributed by atoms with E-state index in [1.54, 1.807) is 6.92 Å². The summed E-state index contributed by atoms with van der Waals surface area (Å²) >= 11 is 0. The molecule has 4 aliphatic rings. The van der Waals surface area contributed by atoms with Gasteiger partial charge in [0.25, 0.3) is 0 Å². The third-order valence-corrected chi connectivity index (χ3v) is 9.70. The topological polar surface area (TPSA) is 17.1 Å². The van der Waals surface area contributed by atoms with Crippen molar-refractivity contribution < 1.29 is 22.4 Å². The zero-order valence-corrected chi connectivity index (χ0v) is 17.1. The van der Waals surface area contributed by atoms with Crippen LogP contribution in [0.2, 0.25) is 0 Å². The largest absolute Gasteiger partial charge is 0.426 e. The Morgan fingerprint density at radius 1 is 1.07 bits per heavy atom. The minimum absolute atomic E-state index is 0.00542. The lowest BCUT2D eigenvalue weighted by molar-refractivity contribution is -0.974. The van der Waals surface area contributed by atoms with E-state index in [1.807, 2.05) is 0 Å². The summed E-state index contributed by atoms with van der Waals surface area (Å²) in [5.41, 5.74) is 0.143. The van der Waals surface area contributed by atoms with E-state index in [0.717, 1.165) is 12.8 Å². The van der Waals surface area contributed by atoms with Crippen molar-refractivity contribution >= 4 is 5.91 Å². The van der Waals surface area contributed by atoms with Gasteiger partial charge in [0.05, 0.1) is 13.0 Å². The number of fused-ring (bicyclic) bond motifs is 5. The number of halogens is 3. The highest BCUT2D eigenvalue weighted by molar-refractivity contribution is 5.70. The lowest BCUT2D eigenvalue weighted by Crippen LogP contribution is -2.77. The van der Waals surface area contributed by atoms with Gasteiger partial charge in [0.2, 0.25) is 6.67 Å². The predicted octanol–water partition coefficient (Wildman–Crippen LogP) is 5.71. The molecule has 2 nitrogen and oxygen atoms in total. The molecule has 5 heteroatoms. The molecule has 0 bridgehead atoms. The number of hydrogen-bond donors (Lipinski definition) is 0. The molecule has 0 aromatic carbocycles. The van der Waals surface area contributed by atoms with Crippen LogP contribution in [0.3, 0.4) is 0 Å². The van der Waals surface area contributed by atoms with Crippen LogP contribution in [0.5, 0.6) is 0 Å². The first-order valence-corrected chi connectivity index (χ1v) is 11.0. The minimum Gasteiger partial charge on any atom is -0.237 e. The van der Waals surface area contributed by atoms with Crippen LogP contribution in [0.4, 0.5) is 13.2 Å². The second-order valence-electron chi connectivity index (χ2n) is 10.4. The third-order valence-electron chi connectivity index (χ3n) is 9.70. The Labute approximate surface area is 161 Å². The molecule has 1 aliphatic heterocycles. The molecule has 154 valence electrons. The summed E-state index contributed by atoms with van der Waals surface area (Å²) in [6, 6.07) is -4.05. The van der Waals surface area contributed by atoms with E-state index < -0.39 is 29.2 Å². The van der Waals surface area contributed by atoms with Crippen LogP contribution in [0.25, 0.3) is 0 Å². The van der Waals surface area contributed by atoms with Crippen LogP contribution < -0.4 is 0 Å². The van der Waals surface area contributed by atoms with Gasteiger partial charge in [-0.1, -0.05) is 20.3 Å². The lowest BCUT2D eigenvalue weighted by Gasteiger charge is -2.63. The number of carbonyl (C=O) groups is 1. The van der Waals surface area contributed by atoms with Crippen molar-refractivity contribution in [1.29, 1.82) is 0 Å². The molecule has 3 aliphatic carbocycles. The van der Waals surface area contributed by atoms with Crippen molar-refractivity contribution in [3.63, 3.8) is 0 Å². The highest BCUT2D eigenvalue weighted by Crippen LogP contribution is 2.66. The predicted molar refractivity (Wildman–Crippen MR) is 98.8 cm³/mol. The number of hydrogen-bond acceptors (Lipinski definition) is 1. The Bertz CT molecular complexity index is 625. The zero-order chi connectivity index (χ0) is 19.7. The Hall–Kier alpha value is -0.580. The van der Waals surface area contributed by atoms with Crippen LogP contribution in [0.1, 0.15) is 78.6 Å². The van der Waals surface area contributed by atoms with Crippen molar-refractivity contribution in [2.24, 2.45) is 28.6 Å². The summed E-state index contributed by atoms with van der Waals surface area (Å²) in [4.78, 5) is 12.9. The van der Waals surface area contributed by atoms with E-state index in [0.29, 0.717) is 36.0 Å². The van der Waals surface area contributed by atoms with Gasteiger partial charge < -0.3 is 0 Å². The van der Waals surface area contributed by atoms with Crippen molar-refractivity contribution in [2.75, 3.05) is 13.2 Å². The summed E-state index contributed by atoms with van der Waals surface area (Å²) in [6.07, 6.45) is 8.56. The second-order valence-corrected chi connectivity index (χ2v) is 10.4. The number of rotatable bonds is 3. The van der Waals surface area contributed by atoms with Gasteiger partial charge in [-0.05, 0) is 68.6 Å². The summed E-state index contributed by atoms with van der Waals surface area (Å²) < 4.78 is 42.5. The molecule has 0 spiro atoms. The van der Waals surface area contributed by atoms with E-state index in [9.17, 15) is 18.0 Å². The molecule has 1 amide bonds. The SMILES string of the molecule is CC[N+]1(C(F)(F)CF)C(=O)CC[C@@]2(C)[C@H]1CC[C@H]1[C@@H]3CCC[C@@]3(C)CC[C@@H]12. The van der Waals surface area contributed by atoms with Gasteiger partial charge in [-0.15, -0.1) is 8.78 Å². The first-order valence-electron chi connectivity index (χ1n) is 11.0. The minimum atomic E-state index is -3.61. The maximum absolute atomic E-state index is 15.0. The molecule has 0 radical (unpaired) electrons. The summed E-state index contributed by atoms with van der Waals surface area (Å²) in [5.74, 6) is 1.26. The second kappa shape index (κ2) is 6.21.